The second kappa shape index (κ2) is 2.91. The van der Waals surface area contributed by atoms with Gasteiger partial charge in [-0.3, -0.25) is 9.59 Å². The maximum atomic E-state index is 11.0. The second-order valence-corrected chi connectivity index (χ2v) is 2.50. The number of hydrogen-bond acceptors (Lipinski definition) is 4. The Kier molecular flexibility index (Phi) is 2.10. The molecule has 1 rings (SSSR count). The number of ketones is 2. The van der Waals surface area contributed by atoms with E-state index in [0.717, 1.165) is 12.2 Å². The molecular weight excluding hydrogens is 160 g/mol. The quantitative estimate of drug-likeness (QED) is 0.535. The van der Waals surface area contributed by atoms with Crippen LogP contribution in [-0.2, 0) is 9.59 Å². The first kappa shape index (κ1) is 8.67. The molecule has 0 aromatic carbocycles. The SMILES string of the molecule is CC(O)C1=C(O)C(=O)C=CC1=O. The van der Waals surface area contributed by atoms with Crippen molar-refractivity contribution in [3.05, 3.63) is 23.5 Å². The average molecular weight is 168 g/mol. The molecular formula is C8H8O4. The van der Waals surface area contributed by atoms with E-state index < -0.39 is 23.4 Å². The third-order valence-electron chi connectivity index (χ3n) is 1.56. The number of aliphatic hydroxyl groups excluding tert-OH is 2. The smallest absolute Gasteiger partial charge is 0.220 e. The zero-order chi connectivity index (χ0) is 9.30. The van der Waals surface area contributed by atoms with Gasteiger partial charge in [-0.05, 0) is 19.1 Å². The van der Waals surface area contributed by atoms with Gasteiger partial charge < -0.3 is 10.2 Å². The van der Waals surface area contributed by atoms with E-state index >= 15 is 0 Å². The summed E-state index contributed by atoms with van der Waals surface area (Å²) in [7, 11) is 0. The Morgan fingerprint density at radius 1 is 1.25 bits per heavy atom. The highest BCUT2D eigenvalue weighted by Gasteiger charge is 2.25. The summed E-state index contributed by atoms with van der Waals surface area (Å²) in [6.45, 7) is 1.32. The fourth-order valence-electron chi connectivity index (χ4n) is 0.973. The minimum Gasteiger partial charge on any atom is -0.504 e. The maximum Gasteiger partial charge on any atom is 0.220 e. The third kappa shape index (κ3) is 1.29. The molecule has 0 aromatic heterocycles. The van der Waals surface area contributed by atoms with Gasteiger partial charge in [-0.15, -0.1) is 0 Å². The lowest BCUT2D eigenvalue weighted by molar-refractivity contribution is -0.117. The van der Waals surface area contributed by atoms with Crippen LogP contribution in [0.4, 0.5) is 0 Å². The molecule has 0 aromatic rings. The van der Waals surface area contributed by atoms with Crippen molar-refractivity contribution in [2.24, 2.45) is 0 Å². The number of carbonyl (C=O) groups excluding carboxylic acids is 2. The first-order chi connectivity index (χ1) is 5.54. The molecule has 0 saturated heterocycles. The van der Waals surface area contributed by atoms with E-state index in [4.69, 9.17) is 10.2 Å². The van der Waals surface area contributed by atoms with Gasteiger partial charge in [0.1, 0.15) is 0 Å². The molecule has 1 aliphatic rings. The van der Waals surface area contributed by atoms with E-state index in [1.807, 2.05) is 0 Å². The topological polar surface area (TPSA) is 74.6 Å². The summed E-state index contributed by atoms with van der Waals surface area (Å²) in [4.78, 5) is 21.8. The van der Waals surface area contributed by atoms with Gasteiger partial charge in [-0.1, -0.05) is 0 Å². The minimum atomic E-state index is -1.12. The second-order valence-electron chi connectivity index (χ2n) is 2.50. The van der Waals surface area contributed by atoms with Crippen molar-refractivity contribution in [2.75, 3.05) is 0 Å². The van der Waals surface area contributed by atoms with Gasteiger partial charge in [0.05, 0.1) is 11.7 Å². The largest absolute Gasteiger partial charge is 0.504 e. The van der Waals surface area contributed by atoms with Crippen molar-refractivity contribution in [2.45, 2.75) is 13.0 Å². The van der Waals surface area contributed by atoms with Crippen LogP contribution in [0.3, 0.4) is 0 Å². The molecule has 64 valence electrons. The van der Waals surface area contributed by atoms with Crippen LogP contribution in [0.1, 0.15) is 6.92 Å². The van der Waals surface area contributed by atoms with E-state index in [-0.39, 0.29) is 5.57 Å². The first-order valence-corrected chi connectivity index (χ1v) is 3.42. The molecule has 4 heteroatoms. The molecule has 0 saturated carbocycles. The summed E-state index contributed by atoms with van der Waals surface area (Å²) < 4.78 is 0. The van der Waals surface area contributed by atoms with Crippen LogP contribution in [0.15, 0.2) is 23.5 Å². The van der Waals surface area contributed by atoms with Crippen LogP contribution in [0, 0.1) is 0 Å². The Labute approximate surface area is 68.8 Å². The van der Waals surface area contributed by atoms with E-state index in [1.54, 1.807) is 0 Å². The molecule has 1 atom stereocenters. The number of carbonyl (C=O) groups is 2. The fraction of sp³-hybridized carbons (Fsp3) is 0.250. The van der Waals surface area contributed by atoms with Crippen molar-refractivity contribution < 1.29 is 19.8 Å². The molecule has 0 spiro atoms. The standard InChI is InChI=1S/C8H8O4/c1-4(9)7-5(10)2-3-6(11)8(7)12/h2-4,9,12H,1H3. The van der Waals surface area contributed by atoms with Crippen LogP contribution in [0.25, 0.3) is 0 Å². The average Bonchev–Trinajstić information content (AvgIpc) is 1.97. The lowest BCUT2D eigenvalue weighted by atomic mass is 9.98. The van der Waals surface area contributed by atoms with E-state index in [1.165, 1.54) is 6.92 Å². The molecule has 1 aliphatic carbocycles. The van der Waals surface area contributed by atoms with Gasteiger partial charge in [0, 0.05) is 0 Å². The highest BCUT2D eigenvalue weighted by atomic mass is 16.3. The maximum absolute atomic E-state index is 11.0. The predicted octanol–water partition coefficient (Wildman–Crippen LogP) is -0.113. The summed E-state index contributed by atoms with van der Waals surface area (Å²) in [6, 6.07) is 0. The molecule has 0 radical (unpaired) electrons. The molecule has 0 heterocycles. The Morgan fingerprint density at radius 2 is 1.75 bits per heavy atom. The van der Waals surface area contributed by atoms with Crippen LogP contribution in [0.5, 0.6) is 0 Å². The number of aliphatic hydroxyl groups is 2. The van der Waals surface area contributed by atoms with Crippen LogP contribution < -0.4 is 0 Å². The molecule has 0 aliphatic heterocycles. The van der Waals surface area contributed by atoms with Crippen molar-refractivity contribution in [1.82, 2.24) is 0 Å². The number of rotatable bonds is 1. The lowest BCUT2D eigenvalue weighted by Crippen LogP contribution is -2.22. The Hall–Kier alpha value is -1.42. The van der Waals surface area contributed by atoms with E-state index in [2.05, 4.69) is 0 Å². The van der Waals surface area contributed by atoms with Gasteiger partial charge in [-0.25, -0.2) is 0 Å². The van der Waals surface area contributed by atoms with Crippen LogP contribution in [0.2, 0.25) is 0 Å². The summed E-state index contributed by atoms with van der Waals surface area (Å²) in [6.07, 6.45) is 0.889. The lowest BCUT2D eigenvalue weighted by Gasteiger charge is -2.11. The minimum absolute atomic E-state index is 0.234. The summed E-state index contributed by atoms with van der Waals surface area (Å²) in [5.41, 5.74) is -0.234. The Bertz CT molecular complexity index is 296. The molecule has 4 nitrogen and oxygen atoms in total. The van der Waals surface area contributed by atoms with Crippen molar-refractivity contribution >= 4 is 11.6 Å². The number of allylic oxidation sites excluding steroid dienone is 2. The zero-order valence-electron chi connectivity index (χ0n) is 6.44. The normalized spacial score (nSPS) is 20.2. The van der Waals surface area contributed by atoms with Crippen molar-refractivity contribution in [1.29, 1.82) is 0 Å². The summed E-state index contributed by atoms with van der Waals surface area (Å²) in [5, 5.41) is 18.1. The van der Waals surface area contributed by atoms with E-state index in [0.29, 0.717) is 0 Å². The van der Waals surface area contributed by atoms with Crippen LogP contribution in [-0.4, -0.2) is 27.9 Å². The first-order valence-electron chi connectivity index (χ1n) is 3.42. The fourth-order valence-corrected chi connectivity index (χ4v) is 0.973. The molecule has 1 unspecified atom stereocenters. The predicted molar refractivity (Wildman–Crippen MR) is 40.5 cm³/mol. The van der Waals surface area contributed by atoms with Gasteiger partial charge in [-0.2, -0.15) is 0 Å². The zero-order valence-corrected chi connectivity index (χ0v) is 6.44. The number of hydrogen-bond donors (Lipinski definition) is 2. The molecule has 12 heavy (non-hydrogen) atoms. The monoisotopic (exact) mass is 168 g/mol. The highest BCUT2D eigenvalue weighted by Crippen LogP contribution is 2.14. The van der Waals surface area contributed by atoms with E-state index in [9.17, 15) is 9.59 Å². The Balaban J connectivity index is 3.15. The van der Waals surface area contributed by atoms with Gasteiger partial charge in [0.15, 0.2) is 11.5 Å². The van der Waals surface area contributed by atoms with Crippen LogP contribution >= 0.6 is 0 Å². The summed E-state index contributed by atoms with van der Waals surface area (Å²) >= 11 is 0. The van der Waals surface area contributed by atoms with Gasteiger partial charge >= 0.3 is 0 Å². The molecule has 0 fully saturated rings. The highest BCUT2D eigenvalue weighted by molar-refractivity contribution is 6.19. The Morgan fingerprint density at radius 3 is 2.17 bits per heavy atom. The third-order valence-corrected chi connectivity index (χ3v) is 1.56. The summed E-state index contributed by atoms with van der Waals surface area (Å²) in [5.74, 6) is -1.83. The van der Waals surface area contributed by atoms with Gasteiger partial charge in [0.25, 0.3) is 0 Å². The molecule has 2 N–H and O–H groups in total. The molecule has 0 amide bonds. The van der Waals surface area contributed by atoms with Gasteiger partial charge in [0.2, 0.25) is 5.78 Å². The van der Waals surface area contributed by atoms with Crippen molar-refractivity contribution in [3.8, 4) is 0 Å². The van der Waals surface area contributed by atoms with Crippen molar-refractivity contribution in [3.63, 3.8) is 0 Å². The molecule has 0 bridgehead atoms.